The third-order valence-corrected chi connectivity index (χ3v) is 5.79. The summed E-state index contributed by atoms with van der Waals surface area (Å²) < 4.78 is 1.65. The summed E-state index contributed by atoms with van der Waals surface area (Å²) in [5, 5.41) is 14.9. The molecule has 0 atom stereocenters. The predicted octanol–water partition coefficient (Wildman–Crippen LogP) is 0.993. The van der Waals surface area contributed by atoms with Crippen LogP contribution in [0.2, 0.25) is 0 Å². The van der Waals surface area contributed by atoms with Gasteiger partial charge in [0.1, 0.15) is 5.69 Å². The molecule has 29 heavy (non-hydrogen) atoms. The maximum Gasteiger partial charge on any atom is 0.326 e. The highest BCUT2D eigenvalue weighted by molar-refractivity contribution is 7.17. The number of aromatic amines is 2. The van der Waals surface area contributed by atoms with Crippen LogP contribution >= 0.6 is 11.3 Å². The van der Waals surface area contributed by atoms with E-state index >= 15 is 0 Å². The topological polar surface area (TPSA) is 128 Å². The normalized spacial score (nSPS) is 15.5. The molecule has 0 saturated heterocycles. The minimum atomic E-state index is -0.501. The molecule has 1 aliphatic rings. The molecule has 1 fully saturated rings. The Morgan fingerprint density at radius 1 is 1.38 bits per heavy atom. The number of hydrogen-bond acceptors (Lipinski definition) is 7. The zero-order valence-electron chi connectivity index (χ0n) is 15.3. The number of rotatable bonds is 4. The molecule has 0 aliphatic heterocycles. The van der Waals surface area contributed by atoms with Crippen molar-refractivity contribution in [1.29, 1.82) is 0 Å². The van der Waals surface area contributed by atoms with Gasteiger partial charge >= 0.3 is 5.69 Å². The van der Waals surface area contributed by atoms with Crippen LogP contribution in [0.1, 0.15) is 35.1 Å². The highest BCUT2D eigenvalue weighted by Gasteiger charge is 2.20. The predicted molar refractivity (Wildman–Crippen MR) is 107 cm³/mol. The molecule has 1 aliphatic carbocycles. The number of ketones is 1. The van der Waals surface area contributed by atoms with Gasteiger partial charge in [-0.05, 0) is 38.0 Å². The van der Waals surface area contributed by atoms with E-state index in [1.165, 1.54) is 18.3 Å². The van der Waals surface area contributed by atoms with Crippen molar-refractivity contribution in [1.82, 2.24) is 24.6 Å². The standard InChI is InChI=1S/C19H16N6O3S/c1-9(26)14-4-5-15(29-14)12-7-16(21-11-2-3-11)25-17(22-12)10(8-20-25)6-13-18(27)24-19(28)23-13/h4-8,11,27H,2-3H2,1H3,(H2,23,24,28)/b10-6+,21-16?. The number of carbonyl (C=O) groups excluding carboxylic acids is 1. The lowest BCUT2D eigenvalue weighted by Crippen LogP contribution is -2.19. The molecule has 4 heterocycles. The highest BCUT2D eigenvalue weighted by Crippen LogP contribution is 2.27. The minimum Gasteiger partial charge on any atom is -0.493 e. The lowest BCUT2D eigenvalue weighted by atomic mass is 10.3. The quantitative estimate of drug-likeness (QED) is 0.434. The number of aromatic hydroxyl groups is 1. The van der Waals surface area contributed by atoms with E-state index < -0.39 is 5.69 Å². The molecule has 1 saturated carbocycles. The van der Waals surface area contributed by atoms with Gasteiger partial charge < -0.3 is 10.1 Å². The maximum absolute atomic E-state index is 11.7. The largest absolute Gasteiger partial charge is 0.493 e. The summed E-state index contributed by atoms with van der Waals surface area (Å²) in [6.07, 6.45) is 5.30. The molecule has 10 heteroatoms. The Balaban J connectivity index is 1.75. The molecule has 0 aromatic carbocycles. The number of fused-ring (bicyclic) bond motifs is 1. The summed E-state index contributed by atoms with van der Waals surface area (Å²) in [5.74, 6) is -0.242. The lowest BCUT2D eigenvalue weighted by molar-refractivity contribution is 0.102. The van der Waals surface area contributed by atoms with Crippen LogP contribution < -0.4 is 16.4 Å². The molecule has 5 rings (SSSR count). The number of nitrogens with zero attached hydrogens (tertiary/aromatic N) is 4. The summed E-state index contributed by atoms with van der Waals surface area (Å²) in [4.78, 5) is 38.9. The van der Waals surface area contributed by atoms with Gasteiger partial charge in [-0.2, -0.15) is 9.61 Å². The number of Topliss-reactive ketones (excluding diaryl/α,β-unsaturated/α-hetero) is 1. The van der Waals surface area contributed by atoms with E-state index in [0.717, 1.165) is 17.7 Å². The SMILES string of the molecule is CC(=O)c1ccc(-c2cc(=NC3CC3)n3nc/c(=C\c4[nH]c(=O)[nH]c4O)c3n2)s1. The first-order valence-electron chi connectivity index (χ1n) is 9.05. The van der Waals surface area contributed by atoms with Crippen LogP contribution in [0.25, 0.3) is 22.3 Å². The van der Waals surface area contributed by atoms with Crippen molar-refractivity contribution in [3.05, 3.63) is 56.2 Å². The average Bonchev–Trinajstić information content (AvgIpc) is 3.08. The summed E-state index contributed by atoms with van der Waals surface area (Å²) >= 11 is 1.38. The Kier molecular flexibility index (Phi) is 3.95. The average molecular weight is 408 g/mol. The number of hydrogen-bond donors (Lipinski definition) is 3. The van der Waals surface area contributed by atoms with Gasteiger partial charge in [-0.25, -0.2) is 9.78 Å². The number of H-pyrrole nitrogens is 2. The van der Waals surface area contributed by atoms with Gasteiger partial charge in [-0.3, -0.25) is 14.8 Å². The molecule has 4 aromatic rings. The fraction of sp³-hybridized carbons (Fsp3) is 0.211. The molecule has 9 nitrogen and oxygen atoms in total. The zero-order valence-corrected chi connectivity index (χ0v) is 16.2. The van der Waals surface area contributed by atoms with Gasteiger partial charge in [0.2, 0.25) is 5.88 Å². The molecule has 146 valence electrons. The van der Waals surface area contributed by atoms with Crippen molar-refractivity contribution in [2.75, 3.05) is 0 Å². The number of nitrogens with one attached hydrogen (secondary N) is 2. The molecule has 4 aromatic heterocycles. The maximum atomic E-state index is 11.7. The number of aromatic nitrogens is 5. The van der Waals surface area contributed by atoms with E-state index in [1.54, 1.807) is 22.9 Å². The molecule has 0 radical (unpaired) electrons. The Hall–Kier alpha value is -3.53. The summed E-state index contributed by atoms with van der Waals surface area (Å²) in [5.41, 5.74) is 1.65. The van der Waals surface area contributed by atoms with Gasteiger partial charge in [0.25, 0.3) is 0 Å². The van der Waals surface area contributed by atoms with E-state index in [9.17, 15) is 14.7 Å². The Labute approximate surface area is 167 Å². The van der Waals surface area contributed by atoms with E-state index in [1.807, 2.05) is 12.1 Å². The Morgan fingerprint density at radius 3 is 2.86 bits per heavy atom. The van der Waals surface area contributed by atoms with Crippen LogP contribution in [-0.4, -0.2) is 41.5 Å². The van der Waals surface area contributed by atoms with Crippen LogP contribution in [0.4, 0.5) is 0 Å². The molecular formula is C19H16N6O3S. The van der Waals surface area contributed by atoms with Crippen LogP contribution in [-0.2, 0) is 0 Å². The highest BCUT2D eigenvalue weighted by atomic mass is 32.1. The monoisotopic (exact) mass is 408 g/mol. The second kappa shape index (κ2) is 6.52. The van der Waals surface area contributed by atoms with Crippen molar-refractivity contribution >= 4 is 28.8 Å². The van der Waals surface area contributed by atoms with Gasteiger partial charge in [0.15, 0.2) is 16.9 Å². The van der Waals surface area contributed by atoms with Crippen LogP contribution in [0.15, 0.2) is 34.2 Å². The molecule has 0 unspecified atom stereocenters. The number of carbonyl (C=O) groups is 1. The van der Waals surface area contributed by atoms with Gasteiger partial charge in [-0.1, -0.05) is 0 Å². The van der Waals surface area contributed by atoms with Crippen molar-refractivity contribution in [2.45, 2.75) is 25.8 Å². The molecule has 3 N–H and O–H groups in total. The molecule has 0 bridgehead atoms. The second-order valence-corrected chi connectivity index (χ2v) is 7.98. The van der Waals surface area contributed by atoms with Crippen LogP contribution in [0.3, 0.4) is 0 Å². The lowest BCUT2D eigenvalue weighted by Gasteiger charge is -2.00. The number of thiophene rings is 1. The first-order valence-corrected chi connectivity index (χ1v) is 9.86. The molecule has 0 spiro atoms. The fourth-order valence-corrected chi connectivity index (χ4v) is 3.85. The minimum absolute atomic E-state index is 0.00971. The van der Waals surface area contributed by atoms with E-state index in [-0.39, 0.29) is 23.4 Å². The summed E-state index contributed by atoms with van der Waals surface area (Å²) in [7, 11) is 0. The smallest absolute Gasteiger partial charge is 0.326 e. The van der Waals surface area contributed by atoms with Crippen molar-refractivity contribution in [3.63, 3.8) is 0 Å². The first kappa shape index (κ1) is 17.6. The van der Waals surface area contributed by atoms with Crippen molar-refractivity contribution in [2.24, 2.45) is 4.99 Å². The summed E-state index contributed by atoms with van der Waals surface area (Å²) in [6, 6.07) is 5.81. The van der Waals surface area contributed by atoms with Gasteiger partial charge in [0.05, 0.1) is 27.7 Å². The first-order chi connectivity index (χ1) is 14.0. The summed E-state index contributed by atoms with van der Waals surface area (Å²) in [6.45, 7) is 1.54. The van der Waals surface area contributed by atoms with Gasteiger partial charge in [-0.15, -0.1) is 11.3 Å². The fourth-order valence-electron chi connectivity index (χ4n) is 2.99. The van der Waals surface area contributed by atoms with Crippen molar-refractivity contribution in [3.8, 4) is 16.5 Å². The Bertz CT molecular complexity index is 1440. The third kappa shape index (κ3) is 3.27. The van der Waals surface area contributed by atoms with E-state index in [0.29, 0.717) is 26.9 Å². The van der Waals surface area contributed by atoms with E-state index in [2.05, 4.69) is 15.1 Å². The van der Waals surface area contributed by atoms with E-state index in [4.69, 9.17) is 9.98 Å². The molecular weight excluding hydrogens is 392 g/mol. The van der Waals surface area contributed by atoms with Gasteiger partial charge in [0, 0.05) is 11.3 Å². The van der Waals surface area contributed by atoms with Crippen LogP contribution in [0, 0.1) is 0 Å². The third-order valence-electron chi connectivity index (χ3n) is 4.58. The Morgan fingerprint density at radius 2 is 2.21 bits per heavy atom. The number of imidazole rings is 1. The van der Waals surface area contributed by atoms with Crippen molar-refractivity contribution < 1.29 is 9.90 Å². The second-order valence-electron chi connectivity index (χ2n) is 6.90. The molecule has 0 amide bonds. The van der Waals surface area contributed by atoms with Crippen LogP contribution in [0.5, 0.6) is 5.88 Å². The zero-order chi connectivity index (χ0) is 20.1.